The van der Waals surface area contributed by atoms with E-state index in [-0.39, 0.29) is 0 Å². The van der Waals surface area contributed by atoms with Crippen molar-refractivity contribution in [1.29, 1.82) is 0 Å². The van der Waals surface area contributed by atoms with Gasteiger partial charge in [0.05, 0.1) is 0 Å². The summed E-state index contributed by atoms with van der Waals surface area (Å²) in [5.74, 6) is 0.742. The maximum absolute atomic E-state index is 5.88. The smallest absolute Gasteiger partial charge is 0.0500 e. The lowest BCUT2D eigenvalue weighted by molar-refractivity contribution is 0.0267. The van der Waals surface area contributed by atoms with E-state index in [0.29, 0.717) is 11.5 Å². The first-order chi connectivity index (χ1) is 5.23. The van der Waals surface area contributed by atoms with Gasteiger partial charge in [0.25, 0.3) is 0 Å². The highest BCUT2D eigenvalue weighted by Crippen LogP contribution is 2.52. The summed E-state index contributed by atoms with van der Waals surface area (Å²) in [6.07, 6.45) is 3.76. The Kier molecular flexibility index (Phi) is 1.69. The second-order valence-electron chi connectivity index (χ2n) is 4.23. The zero-order chi connectivity index (χ0) is 7.90. The van der Waals surface area contributed by atoms with Gasteiger partial charge in [0, 0.05) is 19.3 Å². The summed E-state index contributed by atoms with van der Waals surface area (Å²) in [5, 5.41) is 0. The molecule has 0 bridgehead atoms. The number of hydrogen-bond donors (Lipinski definition) is 1. The zero-order valence-electron chi connectivity index (χ0n) is 7.18. The minimum Gasteiger partial charge on any atom is -0.381 e. The molecule has 2 nitrogen and oxygen atoms in total. The summed E-state index contributed by atoms with van der Waals surface area (Å²) >= 11 is 0. The van der Waals surface area contributed by atoms with Gasteiger partial charge in [0.1, 0.15) is 0 Å². The molecule has 1 aliphatic heterocycles. The predicted octanol–water partition coefficient (Wildman–Crippen LogP) is 1.15. The van der Waals surface area contributed by atoms with Crippen LogP contribution in [0.4, 0.5) is 0 Å². The lowest BCUT2D eigenvalue weighted by Gasteiger charge is -2.28. The molecule has 1 saturated carbocycles. The highest BCUT2D eigenvalue weighted by molar-refractivity contribution is 5.06. The van der Waals surface area contributed by atoms with Crippen molar-refractivity contribution in [1.82, 2.24) is 0 Å². The van der Waals surface area contributed by atoms with Crippen LogP contribution in [0.2, 0.25) is 0 Å². The van der Waals surface area contributed by atoms with Crippen LogP contribution in [0.25, 0.3) is 0 Å². The molecule has 2 aliphatic rings. The Morgan fingerprint density at radius 1 is 1.55 bits per heavy atom. The third-order valence-corrected chi connectivity index (χ3v) is 3.44. The highest BCUT2D eigenvalue weighted by atomic mass is 16.5. The fourth-order valence-electron chi connectivity index (χ4n) is 2.15. The van der Waals surface area contributed by atoms with Gasteiger partial charge in [-0.2, -0.15) is 0 Å². The molecule has 0 aromatic heterocycles. The molecule has 2 fully saturated rings. The number of nitrogens with two attached hydrogens (primary N) is 1. The average molecular weight is 155 g/mol. The molecule has 3 atom stereocenters. The third-order valence-electron chi connectivity index (χ3n) is 3.44. The largest absolute Gasteiger partial charge is 0.381 e. The monoisotopic (exact) mass is 155 g/mol. The molecular formula is C9H17NO. The van der Waals surface area contributed by atoms with Crippen molar-refractivity contribution in [2.75, 3.05) is 13.2 Å². The molecule has 2 N–H and O–H groups in total. The summed E-state index contributed by atoms with van der Waals surface area (Å²) in [7, 11) is 0. The van der Waals surface area contributed by atoms with E-state index in [1.807, 2.05) is 0 Å². The number of hydrogen-bond acceptors (Lipinski definition) is 2. The van der Waals surface area contributed by atoms with Crippen molar-refractivity contribution < 1.29 is 4.74 Å². The van der Waals surface area contributed by atoms with Crippen molar-refractivity contribution in [3.05, 3.63) is 0 Å². The quantitative estimate of drug-likeness (QED) is 0.616. The van der Waals surface area contributed by atoms with Gasteiger partial charge < -0.3 is 10.5 Å². The van der Waals surface area contributed by atoms with Gasteiger partial charge >= 0.3 is 0 Å². The van der Waals surface area contributed by atoms with Crippen molar-refractivity contribution >= 4 is 0 Å². The topological polar surface area (TPSA) is 35.2 Å². The molecule has 2 heteroatoms. The summed E-state index contributed by atoms with van der Waals surface area (Å²) < 4.78 is 5.44. The molecule has 0 aromatic rings. The summed E-state index contributed by atoms with van der Waals surface area (Å²) in [6.45, 7) is 4.21. The lowest BCUT2D eigenvalue weighted by Crippen LogP contribution is -2.28. The van der Waals surface area contributed by atoms with Crippen molar-refractivity contribution in [2.45, 2.75) is 32.2 Å². The Bertz CT molecular complexity index is 154. The maximum atomic E-state index is 5.88. The van der Waals surface area contributed by atoms with E-state index in [0.717, 1.165) is 19.1 Å². The van der Waals surface area contributed by atoms with Crippen LogP contribution in [-0.2, 0) is 4.74 Å². The van der Waals surface area contributed by atoms with Crippen LogP contribution >= 0.6 is 0 Å². The third kappa shape index (κ3) is 1.18. The van der Waals surface area contributed by atoms with E-state index in [9.17, 15) is 0 Å². The van der Waals surface area contributed by atoms with E-state index in [4.69, 9.17) is 10.5 Å². The van der Waals surface area contributed by atoms with Gasteiger partial charge in [-0.25, -0.2) is 0 Å². The fraction of sp³-hybridized carbons (Fsp3) is 1.00. The minimum atomic E-state index is 0.431. The Labute approximate surface area is 68.1 Å². The second kappa shape index (κ2) is 2.46. The fourth-order valence-corrected chi connectivity index (χ4v) is 2.15. The van der Waals surface area contributed by atoms with Gasteiger partial charge in [-0.15, -0.1) is 0 Å². The molecule has 1 saturated heterocycles. The Morgan fingerprint density at radius 3 is 2.73 bits per heavy atom. The van der Waals surface area contributed by atoms with E-state index in [1.165, 1.54) is 19.3 Å². The normalized spacial score (nSPS) is 50.7. The molecule has 11 heavy (non-hydrogen) atoms. The van der Waals surface area contributed by atoms with Gasteiger partial charge in [-0.05, 0) is 30.6 Å². The summed E-state index contributed by atoms with van der Waals surface area (Å²) in [6, 6.07) is 0.453. The first-order valence-electron chi connectivity index (χ1n) is 4.57. The first kappa shape index (κ1) is 7.56. The number of rotatable bonds is 1. The summed E-state index contributed by atoms with van der Waals surface area (Å²) in [5.41, 5.74) is 6.31. The highest BCUT2D eigenvalue weighted by Gasteiger charge is 2.52. The van der Waals surface area contributed by atoms with Crippen LogP contribution in [0.3, 0.4) is 0 Å². The van der Waals surface area contributed by atoms with E-state index >= 15 is 0 Å². The van der Waals surface area contributed by atoms with Crippen LogP contribution in [0.15, 0.2) is 0 Å². The Hall–Kier alpha value is -0.0800. The van der Waals surface area contributed by atoms with E-state index < -0.39 is 0 Å². The SMILES string of the molecule is C[C@]1(C2CCCOC2)C[C@@H]1N. The maximum Gasteiger partial charge on any atom is 0.0500 e. The molecule has 1 aliphatic carbocycles. The number of ether oxygens (including phenoxy) is 1. The standard InChI is InChI=1S/C9H17NO/c1-9(5-8(9)10)7-3-2-4-11-6-7/h7-8H,2-6,10H2,1H3/t7?,8-,9+/m0/s1. The molecule has 2 rings (SSSR count). The van der Waals surface area contributed by atoms with Crippen LogP contribution in [0.1, 0.15) is 26.2 Å². The second-order valence-corrected chi connectivity index (χ2v) is 4.23. The van der Waals surface area contributed by atoms with Crippen molar-refractivity contribution in [3.63, 3.8) is 0 Å². The van der Waals surface area contributed by atoms with Crippen LogP contribution in [0, 0.1) is 11.3 Å². The first-order valence-corrected chi connectivity index (χ1v) is 4.57. The van der Waals surface area contributed by atoms with Crippen LogP contribution in [-0.4, -0.2) is 19.3 Å². The predicted molar refractivity (Wildman–Crippen MR) is 44.2 cm³/mol. The molecule has 1 unspecified atom stereocenters. The molecule has 0 radical (unpaired) electrons. The summed E-state index contributed by atoms with van der Waals surface area (Å²) in [4.78, 5) is 0. The molecule has 0 spiro atoms. The van der Waals surface area contributed by atoms with E-state index in [2.05, 4.69) is 6.92 Å². The van der Waals surface area contributed by atoms with Gasteiger partial charge in [0.2, 0.25) is 0 Å². The van der Waals surface area contributed by atoms with Crippen LogP contribution in [0.5, 0.6) is 0 Å². The van der Waals surface area contributed by atoms with Gasteiger partial charge in [0.15, 0.2) is 0 Å². The molecule has 1 heterocycles. The van der Waals surface area contributed by atoms with E-state index in [1.54, 1.807) is 0 Å². The van der Waals surface area contributed by atoms with Crippen molar-refractivity contribution in [2.24, 2.45) is 17.1 Å². The molecule has 64 valence electrons. The Balaban J connectivity index is 1.94. The minimum absolute atomic E-state index is 0.431. The van der Waals surface area contributed by atoms with Gasteiger partial charge in [-0.3, -0.25) is 0 Å². The lowest BCUT2D eigenvalue weighted by atomic mass is 9.86. The molecular weight excluding hydrogens is 138 g/mol. The average Bonchev–Trinajstić information content (AvgIpc) is 2.64. The van der Waals surface area contributed by atoms with Gasteiger partial charge in [-0.1, -0.05) is 6.92 Å². The Morgan fingerprint density at radius 2 is 2.27 bits per heavy atom. The molecule has 0 aromatic carbocycles. The zero-order valence-corrected chi connectivity index (χ0v) is 7.18. The molecule has 0 amide bonds. The van der Waals surface area contributed by atoms with Crippen molar-refractivity contribution in [3.8, 4) is 0 Å². The van der Waals surface area contributed by atoms with Crippen LogP contribution < -0.4 is 5.73 Å².